The van der Waals surface area contributed by atoms with Gasteiger partial charge in [-0.05, 0) is 48.5 Å². The molecule has 3 aromatic rings. The average Bonchev–Trinajstić information content (AvgIpc) is 2.75. The number of nitrogens with two attached hydrogens (primary N) is 1. The third kappa shape index (κ3) is 5.46. The topological polar surface area (TPSA) is 134 Å². The molecule has 1 aromatic heterocycles. The molecule has 12 heteroatoms. The number of imide groups is 2. The van der Waals surface area contributed by atoms with E-state index in [0.717, 1.165) is 18.2 Å². The number of pyridine rings is 1. The van der Waals surface area contributed by atoms with Gasteiger partial charge in [0, 0.05) is 17.4 Å². The van der Waals surface area contributed by atoms with Crippen molar-refractivity contribution in [2.24, 2.45) is 5.73 Å². The van der Waals surface area contributed by atoms with E-state index in [0.29, 0.717) is 9.92 Å². The Morgan fingerprint density at radius 1 is 0.939 bits per heavy atom. The Hall–Kier alpha value is -4.38. The summed E-state index contributed by atoms with van der Waals surface area (Å²) < 4.78 is 27.3. The molecule has 0 atom stereocenters. The van der Waals surface area contributed by atoms with Crippen molar-refractivity contribution in [2.45, 2.75) is 0 Å². The van der Waals surface area contributed by atoms with Gasteiger partial charge in [-0.2, -0.15) is 0 Å². The van der Waals surface area contributed by atoms with E-state index < -0.39 is 41.1 Å². The van der Waals surface area contributed by atoms with E-state index in [1.165, 1.54) is 42.6 Å². The van der Waals surface area contributed by atoms with E-state index in [1.807, 2.05) is 0 Å². The van der Waals surface area contributed by atoms with Gasteiger partial charge < -0.3 is 11.1 Å². The molecule has 9 nitrogen and oxygen atoms in total. The van der Waals surface area contributed by atoms with Crippen LogP contribution in [0.15, 0.2) is 60.8 Å². The highest BCUT2D eigenvalue weighted by Gasteiger charge is 2.24. The van der Waals surface area contributed by atoms with Gasteiger partial charge in [0.1, 0.15) is 23.0 Å². The molecule has 0 spiro atoms. The Balaban J connectivity index is 1.69. The molecule has 6 amide bonds. The first-order valence-corrected chi connectivity index (χ1v) is 9.47. The highest BCUT2D eigenvalue weighted by molar-refractivity contribution is 6.30. The standard InChI is InChI=1S/C21H14ClF2N5O4/c22-12-6-9-16(26-10-12)29(20(25)32)19(31)11-4-7-13(8-5-11)27-21(33)28-18(30)17-14(23)2-1-3-15(17)24/h1-10H,(H2,25,32)(H2,27,28,30,33). The summed E-state index contributed by atoms with van der Waals surface area (Å²) in [5, 5.41) is 4.37. The number of hydrogen-bond donors (Lipinski definition) is 3. The number of nitrogens with one attached hydrogen (secondary N) is 2. The molecule has 0 aliphatic heterocycles. The minimum atomic E-state index is -1.28. The Morgan fingerprint density at radius 2 is 1.58 bits per heavy atom. The van der Waals surface area contributed by atoms with Gasteiger partial charge in [0.25, 0.3) is 11.8 Å². The average molecular weight is 474 g/mol. The van der Waals surface area contributed by atoms with Crippen LogP contribution in [0.2, 0.25) is 5.02 Å². The van der Waals surface area contributed by atoms with E-state index in [9.17, 15) is 28.0 Å². The Bertz CT molecular complexity index is 1220. The number of benzene rings is 2. The van der Waals surface area contributed by atoms with Crippen molar-refractivity contribution in [3.05, 3.63) is 88.6 Å². The number of urea groups is 2. The number of primary amides is 1. The molecular weight excluding hydrogens is 460 g/mol. The molecule has 3 rings (SSSR count). The van der Waals surface area contributed by atoms with Crippen LogP contribution in [0.1, 0.15) is 20.7 Å². The number of aromatic nitrogens is 1. The molecule has 2 aromatic carbocycles. The highest BCUT2D eigenvalue weighted by Crippen LogP contribution is 2.18. The summed E-state index contributed by atoms with van der Waals surface area (Å²) in [6, 6.07) is 8.61. The first kappa shape index (κ1) is 23.3. The van der Waals surface area contributed by atoms with Crippen LogP contribution in [0.4, 0.5) is 29.9 Å². The molecule has 0 aliphatic rings. The van der Waals surface area contributed by atoms with Crippen LogP contribution < -0.4 is 21.3 Å². The third-order valence-electron chi connectivity index (χ3n) is 4.17. The van der Waals surface area contributed by atoms with Crippen molar-refractivity contribution in [3.63, 3.8) is 0 Å². The van der Waals surface area contributed by atoms with Crippen LogP contribution in [-0.2, 0) is 0 Å². The summed E-state index contributed by atoms with van der Waals surface area (Å²) in [5.41, 5.74) is 4.56. The Labute approximate surface area is 190 Å². The summed E-state index contributed by atoms with van der Waals surface area (Å²) in [4.78, 5) is 53.0. The molecule has 168 valence electrons. The van der Waals surface area contributed by atoms with Crippen LogP contribution in [0.5, 0.6) is 0 Å². The van der Waals surface area contributed by atoms with Gasteiger partial charge >= 0.3 is 12.1 Å². The van der Waals surface area contributed by atoms with Gasteiger partial charge in [0.15, 0.2) is 0 Å². The predicted molar refractivity (Wildman–Crippen MR) is 115 cm³/mol. The van der Waals surface area contributed by atoms with Crippen molar-refractivity contribution in [1.29, 1.82) is 0 Å². The van der Waals surface area contributed by atoms with Gasteiger partial charge in [0.2, 0.25) is 0 Å². The van der Waals surface area contributed by atoms with Crippen molar-refractivity contribution >= 4 is 47.0 Å². The maximum atomic E-state index is 13.7. The summed E-state index contributed by atoms with van der Waals surface area (Å²) in [5.74, 6) is -4.37. The number of amides is 6. The van der Waals surface area contributed by atoms with E-state index in [1.54, 1.807) is 5.32 Å². The molecule has 0 saturated heterocycles. The monoisotopic (exact) mass is 473 g/mol. The highest BCUT2D eigenvalue weighted by atomic mass is 35.5. The predicted octanol–water partition coefficient (Wildman–Crippen LogP) is 3.70. The number of hydrogen-bond acceptors (Lipinski definition) is 5. The van der Waals surface area contributed by atoms with Gasteiger partial charge in [-0.25, -0.2) is 28.3 Å². The smallest absolute Gasteiger partial charge is 0.327 e. The second-order valence-corrected chi connectivity index (χ2v) is 6.83. The fourth-order valence-electron chi connectivity index (χ4n) is 2.69. The van der Waals surface area contributed by atoms with Crippen LogP contribution in [0.25, 0.3) is 0 Å². The van der Waals surface area contributed by atoms with E-state index in [2.05, 4.69) is 10.3 Å². The summed E-state index contributed by atoms with van der Waals surface area (Å²) in [6.07, 6.45) is 1.24. The van der Waals surface area contributed by atoms with Gasteiger partial charge in [0.05, 0.1) is 5.02 Å². The zero-order valence-corrected chi connectivity index (χ0v) is 17.3. The normalized spacial score (nSPS) is 10.3. The van der Waals surface area contributed by atoms with Crippen LogP contribution in [0, 0.1) is 11.6 Å². The molecule has 0 radical (unpaired) electrons. The minimum Gasteiger partial charge on any atom is -0.351 e. The maximum absolute atomic E-state index is 13.7. The molecule has 0 fully saturated rings. The van der Waals surface area contributed by atoms with Crippen molar-refractivity contribution in [3.8, 4) is 0 Å². The Morgan fingerprint density at radius 3 is 2.12 bits per heavy atom. The van der Waals surface area contributed by atoms with Crippen LogP contribution in [-0.4, -0.2) is 28.9 Å². The second-order valence-electron chi connectivity index (χ2n) is 6.40. The number of nitrogens with zero attached hydrogens (tertiary/aromatic N) is 2. The van der Waals surface area contributed by atoms with E-state index >= 15 is 0 Å². The zero-order chi connectivity index (χ0) is 24.1. The lowest BCUT2D eigenvalue weighted by atomic mass is 10.1. The number of carbonyl (C=O) groups is 4. The number of rotatable bonds is 4. The van der Waals surface area contributed by atoms with Crippen LogP contribution >= 0.6 is 11.6 Å². The maximum Gasteiger partial charge on any atom is 0.327 e. The lowest BCUT2D eigenvalue weighted by Gasteiger charge is -2.17. The second kappa shape index (κ2) is 9.83. The number of carbonyl (C=O) groups excluding carboxylic acids is 4. The summed E-state index contributed by atoms with van der Waals surface area (Å²) in [7, 11) is 0. The molecule has 0 bridgehead atoms. The first-order valence-electron chi connectivity index (χ1n) is 9.09. The van der Waals surface area contributed by atoms with Crippen molar-refractivity contribution in [2.75, 3.05) is 10.2 Å². The summed E-state index contributed by atoms with van der Waals surface area (Å²) in [6.45, 7) is 0. The van der Waals surface area contributed by atoms with Crippen molar-refractivity contribution < 1.29 is 28.0 Å². The van der Waals surface area contributed by atoms with Gasteiger partial charge in [-0.15, -0.1) is 0 Å². The quantitative estimate of drug-likeness (QED) is 0.531. The molecule has 1 heterocycles. The minimum absolute atomic E-state index is 0.0287. The molecule has 0 saturated carbocycles. The molecule has 0 aliphatic carbocycles. The van der Waals surface area contributed by atoms with E-state index in [-0.39, 0.29) is 17.1 Å². The van der Waals surface area contributed by atoms with Gasteiger partial charge in [-0.1, -0.05) is 17.7 Å². The molecule has 0 unspecified atom stereocenters. The number of anilines is 2. The molecule has 33 heavy (non-hydrogen) atoms. The lowest BCUT2D eigenvalue weighted by Crippen LogP contribution is -2.41. The third-order valence-corrected chi connectivity index (χ3v) is 4.39. The zero-order valence-electron chi connectivity index (χ0n) is 16.5. The SMILES string of the molecule is NC(=O)N(C(=O)c1ccc(NC(=O)NC(=O)c2c(F)cccc2F)cc1)c1ccc(Cl)cn1. The van der Waals surface area contributed by atoms with Crippen molar-refractivity contribution in [1.82, 2.24) is 10.3 Å². The number of halogens is 3. The van der Waals surface area contributed by atoms with E-state index in [4.69, 9.17) is 17.3 Å². The molecular formula is C21H14ClF2N5O4. The van der Waals surface area contributed by atoms with Gasteiger partial charge in [-0.3, -0.25) is 14.9 Å². The van der Waals surface area contributed by atoms with Crippen LogP contribution in [0.3, 0.4) is 0 Å². The molecule has 4 N–H and O–H groups in total. The fraction of sp³-hybridized carbons (Fsp3) is 0. The first-order chi connectivity index (χ1) is 15.7. The largest absolute Gasteiger partial charge is 0.351 e. The lowest BCUT2D eigenvalue weighted by molar-refractivity contribution is 0.0956. The Kier molecular flexibility index (Phi) is 6.94. The summed E-state index contributed by atoms with van der Waals surface area (Å²) >= 11 is 5.75. The fourth-order valence-corrected chi connectivity index (χ4v) is 2.80.